The van der Waals surface area contributed by atoms with Crippen molar-refractivity contribution in [3.63, 3.8) is 0 Å². The van der Waals surface area contributed by atoms with Crippen molar-refractivity contribution in [2.24, 2.45) is 52.0 Å². The van der Waals surface area contributed by atoms with E-state index >= 15 is 24.0 Å². The standard InChI is InChI=1S/C86H141N29O26/c1-41(2)32-53(83(138)139)108-69(124)46(17-9-25-97-85(92)93)102-72(127)54-19-12-29-113(54)80(135)51(33-45-38-96-40-99-45)106-74(129)56-21-15-31-115(56)82(137)65(43(5)140-84-66(100-44(6)117)68(123)67(122)59(39-116)141-84)110-76(131)58-23-13-28-112(58)79(134)48(16-7-8-24-87)103-70(125)49(34-60(89)118)104-71(126)50(35-61(90)119)105-77(132)64(42(3)4)109-75(130)57-22-14-30-114(57)81(136)52(36-62(91)120)107-73(128)55-20-11-27-111(55)78(133)47(101-63(121)37-88)18-10-26-98-86(94)95/h38,40-43,46-59,64-68,84,116,122-123H,7-37,39,87-88H2,1-6H3,(H2,89,118)(H2,90,119)(H2,91,120)(H,96,99)(H,100,117)(H,101,121)(H,102,127)(H,103,125)(H,104,126)(H,105,132)(H,106,129)(H,107,128)(H,108,124)(H,109,130)(H,110,131)(H,138,139)(H4,92,93,97)(H4,94,95,98)/t43-,46+,47+,48+,49+,50+,51+,52+,53+,54+,55+,56+,57+,58+,59-,64+,65+,66-,67+,68-,84+/m1/s1. The zero-order valence-corrected chi connectivity index (χ0v) is 80.1. The molecule has 786 valence electrons. The van der Waals surface area contributed by atoms with Gasteiger partial charge < -0.3 is 169 Å². The average Bonchev–Trinajstić information content (AvgIpc) is 1.06. The Balaban J connectivity index is 1.10. The highest BCUT2D eigenvalue weighted by Crippen LogP contribution is 2.31. The summed E-state index contributed by atoms with van der Waals surface area (Å²) in [4.78, 5) is 295. The van der Waals surface area contributed by atoms with Crippen LogP contribution in [0, 0.1) is 22.7 Å². The summed E-state index contributed by atoms with van der Waals surface area (Å²) in [6.07, 6.45) is -7.87. The molecule has 6 fully saturated rings. The number of nitrogens with zero attached hydrogens (tertiary/aromatic N) is 6. The minimum absolute atomic E-state index is 0.0329. The summed E-state index contributed by atoms with van der Waals surface area (Å²) in [6, 6.07) is -24.8. The van der Waals surface area contributed by atoms with Gasteiger partial charge in [0.15, 0.2) is 18.2 Å². The summed E-state index contributed by atoms with van der Waals surface area (Å²) < 4.78 is 12.2. The number of guanidine groups is 2. The van der Waals surface area contributed by atoms with Crippen LogP contribution in [-0.2, 0) is 112 Å². The number of hydrogen-bond acceptors (Lipinski definition) is 30. The third-order valence-corrected chi connectivity index (χ3v) is 25.1. The molecule has 0 saturated carbocycles. The van der Waals surface area contributed by atoms with Gasteiger partial charge in [-0.2, -0.15) is 0 Å². The number of aromatic nitrogens is 2. The number of carbonyl (C=O) groups excluding carboxylic acids is 19. The molecule has 55 heteroatoms. The summed E-state index contributed by atoms with van der Waals surface area (Å²) in [6.45, 7) is 7.16. The van der Waals surface area contributed by atoms with Crippen LogP contribution in [0.25, 0.3) is 0 Å². The number of carboxylic acids is 1. The predicted molar refractivity (Wildman–Crippen MR) is 495 cm³/mol. The van der Waals surface area contributed by atoms with Crippen molar-refractivity contribution < 1.29 is 126 Å². The van der Waals surface area contributed by atoms with Crippen LogP contribution in [0.4, 0.5) is 0 Å². The van der Waals surface area contributed by atoms with E-state index < -0.39 is 284 Å². The van der Waals surface area contributed by atoms with Gasteiger partial charge in [0.05, 0.1) is 44.8 Å². The number of primary amides is 3. The summed E-state index contributed by atoms with van der Waals surface area (Å²) >= 11 is 0. The number of amides is 19. The van der Waals surface area contributed by atoms with Crippen LogP contribution >= 0.6 is 0 Å². The molecule has 19 amide bonds. The smallest absolute Gasteiger partial charge is 0.326 e. The third kappa shape index (κ3) is 33.5. The van der Waals surface area contributed by atoms with Crippen molar-refractivity contribution in [2.45, 2.75) is 310 Å². The summed E-state index contributed by atoms with van der Waals surface area (Å²) in [5.41, 5.74) is 39.5. The Morgan fingerprint density at radius 1 is 0.482 bits per heavy atom. The average molecular weight is 2000 g/mol. The molecule has 7 heterocycles. The second-order valence-electron chi connectivity index (χ2n) is 36.7. The zero-order valence-electron chi connectivity index (χ0n) is 80.1. The molecule has 34 N–H and O–H groups in total. The molecule has 0 unspecified atom stereocenters. The quantitative estimate of drug-likeness (QED) is 0.0164. The van der Waals surface area contributed by atoms with Gasteiger partial charge >= 0.3 is 5.97 Å². The monoisotopic (exact) mass is 2000 g/mol. The van der Waals surface area contributed by atoms with Crippen molar-refractivity contribution in [3.05, 3.63) is 18.2 Å². The Kier molecular flexibility index (Phi) is 44.9. The number of aliphatic carboxylic acids is 1. The lowest BCUT2D eigenvalue weighted by molar-refractivity contribution is -0.281. The number of nitrogens with two attached hydrogens (primary N) is 7. The van der Waals surface area contributed by atoms with Gasteiger partial charge in [0.2, 0.25) is 112 Å². The Morgan fingerprint density at radius 2 is 0.872 bits per heavy atom. The highest BCUT2D eigenvalue weighted by molar-refractivity contribution is 6.03. The molecule has 141 heavy (non-hydrogen) atoms. The van der Waals surface area contributed by atoms with Gasteiger partial charge in [-0.3, -0.25) is 102 Å². The largest absolute Gasteiger partial charge is 0.480 e. The third-order valence-electron chi connectivity index (χ3n) is 25.1. The van der Waals surface area contributed by atoms with E-state index in [1.165, 1.54) is 43.1 Å². The fourth-order valence-corrected chi connectivity index (χ4v) is 18.0. The molecule has 0 bridgehead atoms. The molecule has 1 aromatic heterocycles. The van der Waals surface area contributed by atoms with E-state index in [0.717, 1.165) is 21.6 Å². The lowest BCUT2D eigenvalue weighted by atomic mass is 9.96. The first-order chi connectivity index (χ1) is 66.7. The molecule has 55 nitrogen and oxygen atoms in total. The Bertz CT molecular complexity index is 4610. The number of ether oxygens (including phenoxy) is 2. The molecule has 6 aliphatic heterocycles. The van der Waals surface area contributed by atoms with Gasteiger partial charge in [-0.05, 0) is 141 Å². The minimum atomic E-state index is -2.03. The number of imidazole rings is 1. The first-order valence-corrected chi connectivity index (χ1v) is 47.4. The van der Waals surface area contributed by atoms with Gasteiger partial charge in [-0.25, -0.2) is 9.78 Å². The highest BCUT2D eigenvalue weighted by Gasteiger charge is 2.52. The molecule has 7 rings (SSSR count). The fraction of sp³-hybridized carbons (Fsp3) is 0.709. The van der Waals surface area contributed by atoms with Gasteiger partial charge in [0, 0.05) is 71.0 Å². The summed E-state index contributed by atoms with van der Waals surface area (Å²) in [7, 11) is 0. The van der Waals surface area contributed by atoms with Gasteiger partial charge in [-0.15, -0.1) is 0 Å². The molecule has 1 aromatic rings. The number of nitrogens with one attached hydrogen (secondary N) is 16. The van der Waals surface area contributed by atoms with Gasteiger partial charge in [0.25, 0.3) is 0 Å². The number of aliphatic hydroxyl groups is 3. The van der Waals surface area contributed by atoms with E-state index in [-0.39, 0.29) is 186 Å². The number of carboxylic acid groups (broad SMARTS) is 1. The van der Waals surface area contributed by atoms with Gasteiger partial charge in [0.1, 0.15) is 115 Å². The molecule has 6 saturated heterocycles. The lowest BCUT2D eigenvalue weighted by Gasteiger charge is -2.43. The summed E-state index contributed by atoms with van der Waals surface area (Å²) in [5.74, 6) is -21.6. The van der Waals surface area contributed by atoms with Crippen LogP contribution in [0.15, 0.2) is 12.5 Å². The number of likely N-dealkylation sites (tertiary alicyclic amines) is 5. The van der Waals surface area contributed by atoms with Crippen molar-refractivity contribution in [3.8, 4) is 0 Å². The number of unbranched alkanes of at least 4 members (excludes halogenated alkanes) is 1. The molecule has 0 aromatic carbocycles. The molecule has 0 aliphatic carbocycles. The van der Waals surface area contributed by atoms with Gasteiger partial charge in [-0.1, -0.05) is 27.7 Å². The second kappa shape index (κ2) is 55.2. The Morgan fingerprint density at radius 3 is 1.29 bits per heavy atom. The number of rotatable bonds is 54. The molecular formula is C86H141N29O26. The van der Waals surface area contributed by atoms with Crippen LogP contribution < -0.4 is 109 Å². The molecule has 0 radical (unpaired) electrons. The number of carbonyl (C=O) groups is 20. The summed E-state index contributed by atoms with van der Waals surface area (Å²) in [5, 5.41) is 90.7. The lowest BCUT2D eigenvalue weighted by Crippen LogP contribution is -2.66. The topological polar surface area (TPSA) is 872 Å². The van der Waals surface area contributed by atoms with Crippen LogP contribution in [0.1, 0.15) is 182 Å². The predicted octanol–water partition coefficient (Wildman–Crippen LogP) is -11.9. The van der Waals surface area contributed by atoms with Crippen molar-refractivity contribution >= 4 is 130 Å². The van der Waals surface area contributed by atoms with Crippen LogP contribution in [-0.4, -0.2) is 378 Å². The van der Waals surface area contributed by atoms with Crippen molar-refractivity contribution in [1.82, 2.24) is 104 Å². The number of H-pyrrole nitrogens is 1. The maximum Gasteiger partial charge on any atom is 0.326 e. The normalized spacial score (nSPS) is 22.3. The molecule has 6 aliphatic rings. The van der Waals surface area contributed by atoms with E-state index in [2.05, 4.69) is 79.1 Å². The zero-order chi connectivity index (χ0) is 105. The Labute approximate surface area is 812 Å². The molecule has 0 spiro atoms. The Hall–Kier alpha value is -13.1. The minimum Gasteiger partial charge on any atom is -0.480 e. The first kappa shape index (κ1) is 115. The maximum atomic E-state index is 15.8. The first-order valence-electron chi connectivity index (χ1n) is 47.4. The van der Waals surface area contributed by atoms with Crippen molar-refractivity contribution in [1.29, 1.82) is 10.8 Å². The fourth-order valence-electron chi connectivity index (χ4n) is 18.0. The molecular weight excluding hydrogens is 1860 g/mol. The SMILES string of the molecule is CC(=O)N[C@H]1[C@@H](O[C@H](C)[C@H](NC(=O)[C@@H]2CCCN2C(=O)[C@H](CCCCN)NC(=O)[C@H](CC(N)=O)NC(=O)[C@H](CC(N)=O)NC(=O)[C@@H](NC(=O)[C@@H]2CCCN2C(=O)[C@H](CC(N)=O)NC(=O)[C@@H]2CCCN2C(=O)[C@H](CCCNC(=N)N)NC(=O)CN)C(C)C)C(=O)N2CCC[C@H]2C(=O)N[C@@H](Cc2cnc[nH]2)C(=O)N2CCC[C@H]2C(=O)N[C@@H](CCCNC(=N)N)C(=O)N[C@@H](CC(C)C)C(=O)O)O[C@H](CO)[C@H](O)[C@@H]1O. The van der Waals surface area contributed by atoms with E-state index in [9.17, 15) is 92.3 Å². The number of hydrogen-bond donors (Lipinski definition) is 27. The second-order valence-corrected chi connectivity index (χ2v) is 36.7. The van der Waals surface area contributed by atoms with Crippen LogP contribution in [0.5, 0.6) is 0 Å². The highest BCUT2D eigenvalue weighted by atomic mass is 16.7. The van der Waals surface area contributed by atoms with E-state index in [4.69, 9.17) is 60.4 Å². The van der Waals surface area contributed by atoms with E-state index in [1.54, 1.807) is 13.8 Å². The molecule has 21 atom stereocenters. The van der Waals surface area contributed by atoms with Crippen LogP contribution in [0.3, 0.4) is 0 Å². The van der Waals surface area contributed by atoms with E-state index in [1.807, 2.05) is 0 Å². The maximum absolute atomic E-state index is 15.8. The van der Waals surface area contributed by atoms with E-state index in [0.29, 0.717) is 12.1 Å². The number of aromatic amines is 1. The number of aliphatic hydroxyl groups excluding tert-OH is 3. The van der Waals surface area contributed by atoms with Crippen molar-refractivity contribution in [2.75, 3.05) is 65.5 Å². The van der Waals surface area contributed by atoms with Crippen LogP contribution in [0.2, 0.25) is 0 Å².